The Hall–Kier alpha value is -3.10. The van der Waals surface area contributed by atoms with Gasteiger partial charge in [0.2, 0.25) is 17.7 Å². The number of amides is 3. The maximum Gasteiger partial charge on any atom is 0.250 e. The van der Waals surface area contributed by atoms with Crippen LogP contribution in [0.1, 0.15) is 18.4 Å². The summed E-state index contributed by atoms with van der Waals surface area (Å²) in [6, 6.07) is 10.2. The number of carbonyl (C=O) groups excluding carboxylic acids is 3. The van der Waals surface area contributed by atoms with Crippen molar-refractivity contribution in [3.8, 4) is 11.5 Å². The van der Waals surface area contributed by atoms with Gasteiger partial charge in [-0.2, -0.15) is 0 Å². The van der Waals surface area contributed by atoms with Gasteiger partial charge in [-0.3, -0.25) is 19.3 Å². The van der Waals surface area contributed by atoms with Crippen molar-refractivity contribution in [3.63, 3.8) is 0 Å². The van der Waals surface area contributed by atoms with E-state index in [1.54, 1.807) is 36.4 Å². The summed E-state index contributed by atoms with van der Waals surface area (Å²) in [5, 5.41) is 3.45. The van der Waals surface area contributed by atoms with Crippen LogP contribution in [-0.4, -0.2) is 48.4 Å². The zero-order valence-corrected chi connectivity index (χ0v) is 18.3. The molecule has 0 radical (unpaired) electrons. The molecule has 1 N–H and O–H groups in total. The molecule has 5 aliphatic heterocycles. The molecule has 3 fully saturated rings. The number of hydrogen-bond donors (Lipinski definition) is 1. The number of nitrogens with zero attached hydrogens (tertiary/aromatic N) is 2. The fourth-order valence-corrected chi connectivity index (χ4v) is 6.77. The average Bonchev–Trinajstić information content (AvgIpc) is 3.52. The first-order chi connectivity index (χ1) is 16.0. The van der Waals surface area contributed by atoms with E-state index in [0.29, 0.717) is 53.2 Å². The molecule has 0 aromatic heterocycles. The number of halogens is 1. The summed E-state index contributed by atoms with van der Waals surface area (Å²) in [5.74, 6) is -1.21. The molecule has 7 rings (SSSR count). The first-order valence-electron chi connectivity index (χ1n) is 11.2. The number of anilines is 2. The van der Waals surface area contributed by atoms with Crippen molar-refractivity contribution in [2.45, 2.75) is 24.4 Å². The molecule has 2 aromatic carbocycles. The number of rotatable bonds is 1. The molecule has 5 aliphatic rings. The lowest BCUT2D eigenvalue weighted by Gasteiger charge is -2.36. The molecule has 4 atom stereocenters. The van der Waals surface area contributed by atoms with Gasteiger partial charge in [0.1, 0.15) is 18.8 Å². The summed E-state index contributed by atoms with van der Waals surface area (Å²) < 4.78 is 11.2. The van der Waals surface area contributed by atoms with E-state index in [1.807, 2.05) is 0 Å². The Morgan fingerprint density at radius 3 is 2.67 bits per heavy atom. The number of benzene rings is 2. The molecule has 8 nitrogen and oxygen atoms in total. The van der Waals surface area contributed by atoms with Gasteiger partial charge in [-0.1, -0.05) is 11.6 Å². The van der Waals surface area contributed by atoms with Crippen molar-refractivity contribution in [3.05, 3.63) is 47.0 Å². The molecular formula is C24H20ClN3O5. The lowest BCUT2D eigenvalue weighted by Crippen LogP contribution is -2.54. The largest absolute Gasteiger partial charge is 0.486 e. The van der Waals surface area contributed by atoms with Crippen LogP contribution in [0.3, 0.4) is 0 Å². The van der Waals surface area contributed by atoms with Crippen LogP contribution in [0.2, 0.25) is 5.02 Å². The number of fused-ring (bicyclic) bond motifs is 8. The minimum Gasteiger partial charge on any atom is -0.486 e. The fraction of sp³-hybridized carbons (Fsp3) is 0.375. The van der Waals surface area contributed by atoms with Gasteiger partial charge < -0.3 is 14.8 Å². The maximum absolute atomic E-state index is 14.0. The van der Waals surface area contributed by atoms with E-state index in [9.17, 15) is 14.4 Å². The number of ether oxygens (including phenoxy) is 2. The molecule has 0 bridgehead atoms. The van der Waals surface area contributed by atoms with Crippen molar-refractivity contribution in [2.24, 2.45) is 11.8 Å². The topological polar surface area (TPSA) is 88.2 Å². The third kappa shape index (κ3) is 2.27. The fourth-order valence-electron chi connectivity index (χ4n) is 6.60. The molecule has 0 aliphatic carbocycles. The highest BCUT2D eigenvalue weighted by Gasteiger charge is 2.74. The van der Waals surface area contributed by atoms with Gasteiger partial charge in [-0.25, -0.2) is 4.90 Å². The van der Waals surface area contributed by atoms with E-state index in [0.717, 1.165) is 12.8 Å². The SMILES string of the molecule is O=C1[C@H]2[C@@H](C(=O)N1c1ccc3c(c1)OCCO3)[C@]1(C(=O)Nc3ccc(Cl)cc31)N1CCC[C@@H]21. The lowest BCUT2D eigenvalue weighted by molar-refractivity contribution is -0.135. The van der Waals surface area contributed by atoms with E-state index in [4.69, 9.17) is 21.1 Å². The molecule has 3 amide bonds. The van der Waals surface area contributed by atoms with Crippen molar-refractivity contribution in [1.82, 2.24) is 4.90 Å². The van der Waals surface area contributed by atoms with Gasteiger partial charge in [0, 0.05) is 28.4 Å². The number of hydrogen-bond acceptors (Lipinski definition) is 6. The highest BCUT2D eigenvalue weighted by Crippen LogP contribution is 2.61. The van der Waals surface area contributed by atoms with Crippen molar-refractivity contribution in [1.29, 1.82) is 0 Å². The predicted octanol–water partition coefficient (Wildman–Crippen LogP) is 2.54. The van der Waals surface area contributed by atoms with Gasteiger partial charge in [0.05, 0.1) is 17.5 Å². The minimum atomic E-state index is -1.23. The van der Waals surface area contributed by atoms with Crippen LogP contribution < -0.4 is 19.7 Å². The van der Waals surface area contributed by atoms with Gasteiger partial charge in [0.25, 0.3) is 0 Å². The maximum atomic E-state index is 14.0. The Morgan fingerprint density at radius 2 is 1.82 bits per heavy atom. The lowest BCUT2D eigenvalue weighted by atomic mass is 9.75. The van der Waals surface area contributed by atoms with Crippen LogP contribution in [-0.2, 0) is 19.9 Å². The first kappa shape index (κ1) is 19.4. The first-order valence-corrected chi connectivity index (χ1v) is 11.6. The number of carbonyl (C=O) groups is 3. The van der Waals surface area contributed by atoms with E-state index in [1.165, 1.54) is 4.90 Å². The molecule has 9 heteroatoms. The van der Waals surface area contributed by atoms with Crippen LogP contribution in [0.4, 0.5) is 11.4 Å². The summed E-state index contributed by atoms with van der Waals surface area (Å²) in [6.45, 7) is 1.51. The van der Waals surface area contributed by atoms with E-state index < -0.39 is 17.4 Å². The van der Waals surface area contributed by atoms with Gasteiger partial charge >= 0.3 is 0 Å². The highest BCUT2D eigenvalue weighted by atomic mass is 35.5. The zero-order chi connectivity index (χ0) is 22.5. The second kappa shape index (κ2) is 6.48. The minimum absolute atomic E-state index is 0.177. The van der Waals surface area contributed by atoms with Crippen molar-refractivity contribution >= 4 is 40.7 Å². The van der Waals surface area contributed by atoms with Crippen LogP contribution >= 0.6 is 11.6 Å². The molecule has 1 spiro atoms. The van der Waals surface area contributed by atoms with Crippen LogP contribution in [0.5, 0.6) is 11.5 Å². The molecule has 0 saturated carbocycles. The Kier molecular flexibility index (Phi) is 3.81. The quantitative estimate of drug-likeness (QED) is 0.651. The Morgan fingerprint density at radius 1 is 1.00 bits per heavy atom. The standard InChI is InChI=1S/C24H20ClN3O5/c25-12-3-5-15-14(10-12)24(23(31)26-15)20-19(16-2-1-7-27(16)24)21(29)28(22(20)30)13-4-6-17-18(11-13)33-9-8-32-17/h3-6,10-11,16,19-20H,1-2,7-9H2,(H,26,31)/t16-,19+,20-,24+/m0/s1. The van der Waals surface area contributed by atoms with Crippen LogP contribution in [0.15, 0.2) is 36.4 Å². The summed E-state index contributed by atoms with van der Waals surface area (Å²) in [4.78, 5) is 44.7. The Balaban J connectivity index is 1.39. The van der Waals surface area contributed by atoms with Gasteiger partial charge in [-0.05, 0) is 49.7 Å². The van der Waals surface area contributed by atoms with Crippen LogP contribution in [0.25, 0.3) is 0 Å². The molecule has 2 aromatic rings. The molecule has 168 valence electrons. The predicted molar refractivity (Wildman–Crippen MR) is 118 cm³/mol. The zero-order valence-electron chi connectivity index (χ0n) is 17.5. The van der Waals surface area contributed by atoms with Gasteiger partial charge in [0.15, 0.2) is 11.5 Å². The third-order valence-corrected chi connectivity index (χ3v) is 7.97. The highest BCUT2D eigenvalue weighted by molar-refractivity contribution is 6.31. The summed E-state index contributed by atoms with van der Waals surface area (Å²) in [5.41, 5.74) is 0.535. The van der Waals surface area contributed by atoms with Crippen LogP contribution in [0, 0.1) is 11.8 Å². The second-order valence-corrected chi connectivity index (χ2v) is 9.59. The summed E-state index contributed by atoms with van der Waals surface area (Å²) >= 11 is 6.33. The van der Waals surface area contributed by atoms with Crippen molar-refractivity contribution in [2.75, 3.05) is 30.0 Å². The Labute approximate surface area is 194 Å². The van der Waals surface area contributed by atoms with Gasteiger partial charge in [-0.15, -0.1) is 0 Å². The Bertz CT molecular complexity index is 1260. The van der Waals surface area contributed by atoms with Crippen molar-refractivity contribution < 1.29 is 23.9 Å². The number of nitrogens with one attached hydrogen (secondary N) is 1. The molecule has 3 saturated heterocycles. The number of imide groups is 1. The second-order valence-electron chi connectivity index (χ2n) is 9.16. The summed E-state index contributed by atoms with van der Waals surface area (Å²) in [6.07, 6.45) is 1.63. The molecule has 5 heterocycles. The summed E-state index contributed by atoms with van der Waals surface area (Å²) in [7, 11) is 0. The molecular weight excluding hydrogens is 446 g/mol. The monoisotopic (exact) mass is 465 g/mol. The van der Waals surface area contributed by atoms with E-state index >= 15 is 0 Å². The third-order valence-electron chi connectivity index (χ3n) is 7.74. The average molecular weight is 466 g/mol. The smallest absolute Gasteiger partial charge is 0.250 e. The van der Waals surface area contributed by atoms with E-state index in [2.05, 4.69) is 10.2 Å². The van der Waals surface area contributed by atoms with E-state index in [-0.39, 0.29) is 23.8 Å². The molecule has 0 unspecified atom stereocenters. The molecule has 33 heavy (non-hydrogen) atoms. The normalized spacial score (nSPS) is 31.7.